The minimum Gasteiger partial charge on any atom is -0.456 e. The number of ether oxygens (including phenoxy) is 1. The first-order chi connectivity index (χ1) is 29.5. The molecular formula is C52H51B4N3OS. The van der Waals surface area contributed by atoms with Crippen LogP contribution in [0, 0.1) is 11.8 Å². The van der Waals surface area contributed by atoms with Gasteiger partial charge < -0.3 is 4.74 Å². The molecule has 0 fully saturated rings. The summed E-state index contributed by atoms with van der Waals surface area (Å²) in [4.78, 5) is 10.2. The number of fused-ring (bicyclic) bond motifs is 7. The third-order valence-corrected chi connectivity index (χ3v) is 18.7. The van der Waals surface area contributed by atoms with Gasteiger partial charge in [-0.15, -0.1) is 10.0 Å². The van der Waals surface area contributed by atoms with Crippen LogP contribution in [0.3, 0.4) is 0 Å². The Hall–Kier alpha value is -5.78. The Bertz CT molecular complexity index is 3040. The predicted octanol–water partition coefficient (Wildman–Crippen LogP) is 10.2. The van der Waals surface area contributed by atoms with Crippen molar-refractivity contribution in [2.24, 2.45) is 11.8 Å². The number of rotatable bonds is 9. The van der Waals surface area contributed by atoms with E-state index in [1.165, 1.54) is 30.7 Å². The van der Waals surface area contributed by atoms with Crippen molar-refractivity contribution in [2.75, 3.05) is 0 Å². The fraction of sp³-hybridized carbons (Fsp3) is 0.173. The van der Waals surface area contributed by atoms with Crippen LogP contribution in [-0.2, 0) is 5.41 Å². The molecule has 0 aliphatic carbocycles. The quantitative estimate of drug-likeness (QED) is 0.136. The molecule has 0 saturated carbocycles. The molecule has 0 unspecified atom stereocenters. The van der Waals surface area contributed by atoms with Gasteiger partial charge in [0.15, 0.2) is 0 Å². The molecular weight excluding hydrogens is 758 g/mol. The second kappa shape index (κ2) is 14.4. The Morgan fingerprint density at radius 1 is 0.541 bits per heavy atom. The monoisotopic (exact) mass is 809 g/mol. The molecule has 7 aromatic carbocycles. The molecule has 298 valence electrons. The van der Waals surface area contributed by atoms with Gasteiger partial charge in [0.05, 0.1) is 27.8 Å². The lowest BCUT2D eigenvalue weighted by Gasteiger charge is -2.63. The number of nitrogens with zero attached hydrogens (tertiary/aromatic N) is 3. The molecule has 9 heteroatoms. The second-order valence-corrected chi connectivity index (χ2v) is 21.6. The lowest BCUT2D eigenvalue weighted by molar-refractivity contribution is 0.247. The van der Waals surface area contributed by atoms with Gasteiger partial charge in [0.2, 0.25) is 5.78 Å². The normalized spacial score (nSPS) is 14.3. The molecule has 0 bridgehead atoms. The fourth-order valence-corrected chi connectivity index (χ4v) is 14.8. The zero-order valence-corrected chi connectivity index (χ0v) is 37.4. The smallest absolute Gasteiger partial charge is 0.220 e. The SMILES string of the molecule is BC(B)(C(C)C)C1(C(B)(B)C(C)C)c2ccccc2Oc2c1cccc2S(c1ccccc1)(c1ccccc1)c1cccc(-n2c3ccccc3n3c4ccccc4nc23)c1. The van der Waals surface area contributed by atoms with Gasteiger partial charge in [-0.2, -0.15) is 0 Å². The summed E-state index contributed by atoms with van der Waals surface area (Å²) in [7, 11) is 7.75. The summed E-state index contributed by atoms with van der Waals surface area (Å²) in [6.07, 6.45) is 0. The molecule has 2 aromatic heterocycles. The first kappa shape index (κ1) is 39.4. The summed E-state index contributed by atoms with van der Waals surface area (Å²) < 4.78 is 12.2. The number of imidazole rings is 2. The Labute approximate surface area is 365 Å². The standard InChI is InChI=1S/C52H51B4N3OS/c1-34(2)51(53,54)50(52(55,56)35(3)4)40-25-11-16-31-46(40)60-48-41(50)26-18-32-47(48)61(37-20-7-5-8-21-37,38-22-9-6-10-23-38)39-24-17-19-36(33-39)58-44-29-14-15-30-45(44)59-43-28-13-12-27-42(43)57-49(58)59/h5-35H,53-56H2,1-4H3. The Kier molecular flexibility index (Phi) is 9.30. The van der Waals surface area contributed by atoms with Gasteiger partial charge in [-0.25, -0.2) is 4.98 Å². The van der Waals surface area contributed by atoms with Crippen molar-refractivity contribution in [3.63, 3.8) is 0 Å². The number of hydrogen-bond donors (Lipinski definition) is 0. The van der Waals surface area contributed by atoms with Crippen molar-refractivity contribution in [2.45, 2.75) is 63.1 Å². The van der Waals surface area contributed by atoms with Gasteiger partial charge in [0.1, 0.15) is 42.9 Å². The van der Waals surface area contributed by atoms with E-state index in [1.807, 2.05) is 0 Å². The lowest BCUT2D eigenvalue weighted by Crippen LogP contribution is -2.57. The lowest BCUT2D eigenvalue weighted by atomic mass is 9.22. The van der Waals surface area contributed by atoms with Crippen molar-refractivity contribution < 1.29 is 4.74 Å². The molecule has 0 saturated heterocycles. The van der Waals surface area contributed by atoms with E-state index in [1.54, 1.807) is 0 Å². The van der Waals surface area contributed by atoms with E-state index in [9.17, 15) is 0 Å². The zero-order chi connectivity index (χ0) is 42.3. The molecule has 1 aliphatic heterocycles. The molecule has 4 nitrogen and oxygen atoms in total. The van der Waals surface area contributed by atoms with Gasteiger partial charge >= 0.3 is 0 Å². The van der Waals surface area contributed by atoms with E-state index in [0.29, 0.717) is 11.8 Å². The average molecular weight is 809 g/mol. The number of para-hydroxylation sites is 6. The summed E-state index contributed by atoms with van der Waals surface area (Å²) in [5.41, 5.74) is 7.51. The molecule has 0 atom stereocenters. The minimum absolute atomic E-state index is 0.181. The van der Waals surface area contributed by atoms with Crippen LogP contribution >= 0.6 is 10.0 Å². The van der Waals surface area contributed by atoms with Gasteiger partial charge in [-0.05, 0) is 78.9 Å². The van der Waals surface area contributed by atoms with E-state index in [2.05, 4.69) is 244 Å². The largest absolute Gasteiger partial charge is 0.456 e. The number of benzene rings is 7. The maximum absolute atomic E-state index is 7.54. The first-order valence-corrected chi connectivity index (χ1v) is 23.4. The van der Waals surface area contributed by atoms with E-state index >= 15 is 0 Å². The van der Waals surface area contributed by atoms with Crippen LogP contribution in [0.2, 0.25) is 10.4 Å². The van der Waals surface area contributed by atoms with E-state index in [4.69, 9.17) is 9.72 Å². The van der Waals surface area contributed by atoms with Crippen LogP contribution in [-0.4, -0.2) is 45.3 Å². The van der Waals surface area contributed by atoms with Crippen molar-refractivity contribution in [3.05, 3.63) is 187 Å². The van der Waals surface area contributed by atoms with Crippen LogP contribution in [0.1, 0.15) is 38.8 Å². The summed E-state index contributed by atoms with van der Waals surface area (Å²) in [6.45, 7) is 9.61. The zero-order valence-electron chi connectivity index (χ0n) is 36.6. The molecule has 0 spiro atoms. The van der Waals surface area contributed by atoms with Crippen LogP contribution in [0.4, 0.5) is 0 Å². The van der Waals surface area contributed by atoms with Crippen molar-refractivity contribution in [3.8, 4) is 17.2 Å². The van der Waals surface area contributed by atoms with Crippen molar-refractivity contribution in [1.82, 2.24) is 14.0 Å². The maximum atomic E-state index is 7.54. The molecule has 0 amide bonds. The highest BCUT2D eigenvalue weighted by molar-refractivity contribution is 8.34. The van der Waals surface area contributed by atoms with E-state index < -0.39 is 15.4 Å². The molecule has 10 rings (SSSR count). The molecule has 61 heavy (non-hydrogen) atoms. The Morgan fingerprint density at radius 2 is 1.07 bits per heavy atom. The van der Waals surface area contributed by atoms with Crippen LogP contribution in [0.5, 0.6) is 11.5 Å². The summed E-state index contributed by atoms with van der Waals surface area (Å²) in [5, 5.41) is -0.361. The minimum atomic E-state index is -2.25. The van der Waals surface area contributed by atoms with Crippen molar-refractivity contribution in [1.29, 1.82) is 0 Å². The highest BCUT2D eigenvalue weighted by Crippen LogP contribution is 2.78. The molecule has 0 N–H and O–H groups in total. The molecule has 1 aliphatic rings. The Morgan fingerprint density at radius 3 is 1.72 bits per heavy atom. The van der Waals surface area contributed by atoms with Crippen molar-refractivity contribution >= 4 is 69.3 Å². The third kappa shape index (κ3) is 5.42. The number of hydrogen-bond acceptors (Lipinski definition) is 2. The topological polar surface area (TPSA) is 31.5 Å². The molecule has 3 heterocycles. The molecule has 9 aromatic rings. The number of aromatic nitrogens is 3. The summed E-state index contributed by atoms with van der Waals surface area (Å²) >= 11 is 0. The Balaban J connectivity index is 1.35. The van der Waals surface area contributed by atoms with E-state index in [0.717, 1.165) is 45.0 Å². The van der Waals surface area contributed by atoms with Gasteiger partial charge in [0.25, 0.3) is 0 Å². The fourth-order valence-electron chi connectivity index (χ4n) is 10.8. The highest BCUT2D eigenvalue weighted by atomic mass is 32.3. The summed E-state index contributed by atoms with van der Waals surface area (Å²) in [6, 6.07) is 64.7. The molecule has 0 radical (unpaired) electrons. The van der Waals surface area contributed by atoms with Crippen LogP contribution in [0.15, 0.2) is 196 Å². The van der Waals surface area contributed by atoms with Gasteiger partial charge in [-0.3, -0.25) is 8.97 Å². The summed E-state index contributed by atoms with van der Waals surface area (Å²) in [5.74, 6) is 3.54. The second-order valence-electron chi connectivity index (χ2n) is 18.5. The van der Waals surface area contributed by atoms with Crippen LogP contribution in [0.25, 0.3) is 33.5 Å². The van der Waals surface area contributed by atoms with E-state index in [-0.39, 0.29) is 10.4 Å². The average Bonchev–Trinajstić information content (AvgIpc) is 3.81. The predicted molar refractivity (Wildman–Crippen MR) is 266 cm³/mol. The van der Waals surface area contributed by atoms with Gasteiger partial charge in [-0.1, -0.05) is 147 Å². The van der Waals surface area contributed by atoms with Crippen LogP contribution < -0.4 is 4.74 Å². The highest BCUT2D eigenvalue weighted by Gasteiger charge is 2.61. The van der Waals surface area contributed by atoms with Gasteiger partial charge in [0, 0.05) is 36.1 Å². The maximum Gasteiger partial charge on any atom is 0.220 e. The first-order valence-electron chi connectivity index (χ1n) is 21.8. The third-order valence-electron chi connectivity index (χ3n) is 14.8.